The van der Waals surface area contributed by atoms with Gasteiger partial charge >= 0.3 is 17.9 Å². The molecular formula is C11H20N4O6. The fraction of sp³-hybridized carbons (Fsp3) is 0.636. The second-order valence-electron chi connectivity index (χ2n) is 4.33. The molecular weight excluding hydrogens is 284 g/mol. The van der Waals surface area contributed by atoms with Crippen LogP contribution >= 0.6 is 0 Å². The molecule has 120 valence electrons. The van der Waals surface area contributed by atoms with E-state index in [9.17, 15) is 14.4 Å². The van der Waals surface area contributed by atoms with Crippen LogP contribution < -0.4 is 16.8 Å². The standard InChI is InChI=1S/C11H20N4O6/c12-11(13)14-5-1-2-6(9(18)19)15-7(10(20)21)3-4-8(16)17/h6-7,15H,1-5H2,(H,16,17)(H,18,19)(H,20,21)(H4,12,13,14)/t6-,7+/m0/s1. The molecule has 8 N–H and O–H groups in total. The van der Waals surface area contributed by atoms with E-state index >= 15 is 0 Å². The van der Waals surface area contributed by atoms with E-state index in [4.69, 9.17) is 26.8 Å². The number of aliphatic carboxylic acids is 3. The van der Waals surface area contributed by atoms with Gasteiger partial charge in [0, 0.05) is 13.0 Å². The molecule has 10 nitrogen and oxygen atoms in total. The lowest BCUT2D eigenvalue weighted by molar-refractivity contribution is -0.143. The number of carboxylic acids is 3. The van der Waals surface area contributed by atoms with Gasteiger partial charge in [-0.05, 0) is 19.3 Å². The zero-order chi connectivity index (χ0) is 16.4. The minimum Gasteiger partial charge on any atom is -0.481 e. The molecule has 0 unspecified atom stereocenters. The second kappa shape index (κ2) is 9.53. The van der Waals surface area contributed by atoms with E-state index in [0.717, 1.165) is 0 Å². The highest BCUT2D eigenvalue weighted by atomic mass is 16.4. The first-order chi connectivity index (χ1) is 9.73. The summed E-state index contributed by atoms with van der Waals surface area (Å²) in [4.78, 5) is 36.2. The van der Waals surface area contributed by atoms with Crippen molar-refractivity contribution < 1.29 is 29.7 Å². The van der Waals surface area contributed by atoms with Crippen LogP contribution in [0.3, 0.4) is 0 Å². The minimum absolute atomic E-state index is 0.111. The Kier molecular flexibility index (Phi) is 8.46. The first kappa shape index (κ1) is 18.6. The van der Waals surface area contributed by atoms with Crippen LogP contribution in [0.4, 0.5) is 0 Å². The summed E-state index contributed by atoms with van der Waals surface area (Å²) in [5.74, 6) is -3.78. The van der Waals surface area contributed by atoms with Gasteiger partial charge in [-0.25, -0.2) is 0 Å². The highest BCUT2D eigenvalue weighted by molar-refractivity contribution is 5.78. The monoisotopic (exact) mass is 304 g/mol. The fourth-order valence-corrected chi connectivity index (χ4v) is 1.57. The van der Waals surface area contributed by atoms with E-state index < -0.39 is 30.0 Å². The van der Waals surface area contributed by atoms with Gasteiger partial charge in [-0.2, -0.15) is 0 Å². The van der Waals surface area contributed by atoms with E-state index in [-0.39, 0.29) is 31.8 Å². The Morgan fingerprint density at radius 3 is 1.95 bits per heavy atom. The molecule has 0 fully saturated rings. The molecule has 0 radical (unpaired) electrons. The van der Waals surface area contributed by atoms with Gasteiger partial charge in [0.25, 0.3) is 0 Å². The predicted molar refractivity (Wildman–Crippen MR) is 72.8 cm³/mol. The average Bonchev–Trinajstić information content (AvgIpc) is 2.35. The Morgan fingerprint density at radius 2 is 1.52 bits per heavy atom. The number of guanidine groups is 1. The Hall–Kier alpha value is -2.36. The molecule has 21 heavy (non-hydrogen) atoms. The lowest BCUT2D eigenvalue weighted by Gasteiger charge is -2.19. The predicted octanol–water partition coefficient (Wildman–Crippen LogP) is -1.60. The zero-order valence-electron chi connectivity index (χ0n) is 11.4. The smallest absolute Gasteiger partial charge is 0.320 e. The summed E-state index contributed by atoms with van der Waals surface area (Å²) < 4.78 is 0. The number of rotatable bonds is 11. The number of aliphatic imine (C=N–C) groups is 1. The molecule has 0 saturated heterocycles. The number of carbonyl (C=O) groups is 3. The molecule has 0 bridgehead atoms. The van der Waals surface area contributed by atoms with E-state index in [1.165, 1.54) is 0 Å². The number of carboxylic acid groups (broad SMARTS) is 3. The van der Waals surface area contributed by atoms with Gasteiger partial charge in [0.05, 0.1) is 0 Å². The third kappa shape index (κ3) is 9.21. The Bertz CT molecular complexity index is 408. The van der Waals surface area contributed by atoms with Crippen molar-refractivity contribution in [1.29, 1.82) is 0 Å². The van der Waals surface area contributed by atoms with Crippen LogP contribution in [0.2, 0.25) is 0 Å². The molecule has 0 aromatic carbocycles. The lowest BCUT2D eigenvalue weighted by atomic mass is 10.1. The highest BCUT2D eigenvalue weighted by Crippen LogP contribution is 2.05. The van der Waals surface area contributed by atoms with Crippen molar-refractivity contribution >= 4 is 23.9 Å². The van der Waals surface area contributed by atoms with Crippen molar-refractivity contribution in [3.8, 4) is 0 Å². The van der Waals surface area contributed by atoms with Crippen molar-refractivity contribution in [1.82, 2.24) is 5.32 Å². The SMILES string of the molecule is NC(N)=NCCC[C@H](N[C@H](CCC(=O)O)C(=O)O)C(=O)O. The second-order valence-corrected chi connectivity index (χ2v) is 4.33. The Labute approximate surface area is 120 Å². The normalized spacial score (nSPS) is 13.1. The number of hydrogen-bond donors (Lipinski definition) is 6. The summed E-state index contributed by atoms with van der Waals surface area (Å²) in [7, 11) is 0. The molecule has 10 heteroatoms. The van der Waals surface area contributed by atoms with Crippen molar-refractivity contribution in [3.05, 3.63) is 0 Å². The number of nitrogens with one attached hydrogen (secondary N) is 1. The maximum atomic E-state index is 11.1. The maximum Gasteiger partial charge on any atom is 0.320 e. The topological polar surface area (TPSA) is 188 Å². The van der Waals surface area contributed by atoms with E-state index in [1.807, 2.05) is 0 Å². The number of nitrogens with two attached hydrogens (primary N) is 2. The van der Waals surface area contributed by atoms with Crippen LogP contribution in [-0.4, -0.2) is 57.8 Å². The Morgan fingerprint density at radius 1 is 1.00 bits per heavy atom. The van der Waals surface area contributed by atoms with Crippen LogP contribution in [0.15, 0.2) is 4.99 Å². The molecule has 0 aromatic heterocycles. The van der Waals surface area contributed by atoms with Crippen LogP contribution in [0.5, 0.6) is 0 Å². The molecule has 0 aliphatic carbocycles. The van der Waals surface area contributed by atoms with Gasteiger partial charge in [0.2, 0.25) is 0 Å². The molecule has 0 amide bonds. The largest absolute Gasteiger partial charge is 0.481 e. The summed E-state index contributed by atoms with van der Waals surface area (Å²) in [5.41, 5.74) is 10.2. The molecule has 0 saturated carbocycles. The van der Waals surface area contributed by atoms with Gasteiger partial charge in [-0.15, -0.1) is 0 Å². The van der Waals surface area contributed by atoms with E-state index in [0.29, 0.717) is 6.42 Å². The van der Waals surface area contributed by atoms with Gasteiger partial charge < -0.3 is 26.8 Å². The quantitative estimate of drug-likeness (QED) is 0.148. The molecule has 0 rings (SSSR count). The average molecular weight is 304 g/mol. The molecule has 0 aliphatic rings. The third-order valence-electron chi connectivity index (χ3n) is 2.59. The molecule has 0 aliphatic heterocycles. The van der Waals surface area contributed by atoms with Crippen molar-refractivity contribution in [2.24, 2.45) is 16.5 Å². The van der Waals surface area contributed by atoms with E-state index in [1.54, 1.807) is 0 Å². The maximum absolute atomic E-state index is 11.1. The fourth-order valence-electron chi connectivity index (χ4n) is 1.57. The molecule has 0 aromatic rings. The Balaban J connectivity index is 4.49. The molecule has 0 spiro atoms. The lowest BCUT2D eigenvalue weighted by Crippen LogP contribution is -2.47. The van der Waals surface area contributed by atoms with Gasteiger partial charge in [-0.1, -0.05) is 0 Å². The highest BCUT2D eigenvalue weighted by Gasteiger charge is 2.25. The first-order valence-electron chi connectivity index (χ1n) is 6.23. The third-order valence-corrected chi connectivity index (χ3v) is 2.59. The number of hydrogen-bond acceptors (Lipinski definition) is 5. The summed E-state index contributed by atoms with van der Waals surface area (Å²) >= 11 is 0. The minimum atomic E-state index is -1.30. The van der Waals surface area contributed by atoms with Gasteiger partial charge in [-0.3, -0.25) is 24.7 Å². The van der Waals surface area contributed by atoms with Crippen LogP contribution in [0, 0.1) is 0 Å². The summed E-state index contributed by atoms with van der Waals surface area (Å²) in [6, 6.07) is -2.36. The van der Waals surface area contributed by atoms with Crippen LogP contribution in [0.25, 0.3) is 0 Å². The zero-order valence-corrected chi connectivity index (χ0v) is 11.4. The van der Waals surface area contributed by atoms with Gasteiger partial charge in [0.15, 0.2) is 5.96 Å². The molecule has 2 atom stereocenters. The van der Waals surface area contributed by atoms with Crippen molar-refractivity contribution in [3.63, 3.8) is 0 Å². The van der Waals surface area contributed by atoms with Crippen LogP contribution in [-0.2, 0) is 14.4 Å². The summed E-state index contributed by atoms with van der Waals surface area (Å²) in [5, 5.41) is 29.0. The van der Waals surface area contributed by atoms with E-state index in [2.05, 4.69) is 10.3 Å². The number of nitrogens with zero attached hydrogens (tertiary/aromatic N) is 1. The summed E-state index contributed by atoms with van der Waals surface area (Å²) in [6.45, 7) is 0.223. The first-order valence-corrected chi connectivity index (χ1v) is 6.23. The van der Waals surface area contributed by atoms with Crippen LogP contribution in [0.1, 0.15) is 25.7 Å². The van der Waals surface area contributed by atoms with Crippen molar-refractivity contribution in [2.45, 2.75) is 37.8 Å². The van der Waals surface area contributed by atoms with Crippen molar-refractivity contribution in [2.75, 3.05) is 6.54 Å². The molecule has 0 heterocycles. The summed E-state index contributed by atoms with van der Waals surface area (Å²) in [6.07, 6.45) is -0.122. The van der Waals surface area contributed by atoms with Gasteiger partial charge in [0.1, 0.15) is 12.1 Å².